The molecule has 22 heavy (non-hydrogen) atoms. The smallest absolute Gasteiger partial charge is 0.250 e. The minimum Gasteiger partial charge on any atom is -0.497 e. The molecule has 0 bridgehead atoms. The Balaban J connectivity index is 2.09. The maximum Gasteiger partial charge on any atom is 0.250 e. The van der Waals surface area contributed by atoms with Gasteiger partial charge in [0.2, 0.25) is 0 Å². The van der Waals surface area contributed by atoms with Gasteiger partial charge in [-0.25, -0.2) is 0 Å². The number of amides is 1. The van der Waals surface area contributed by atoms with Crippen LogP contribution in [0.3, 0.4) is 0 Å². The molecular weight excluding hydrogens is 276 g/mol. The Bertz CT molecular complexity index is 704. The van der Waals surface area contributed by atoms with Crippen molar-refractivity contribution < 1.29 is 9.53 Å². The van der Waals surface area contributed by atoms with Crippen LogP contribution in [0.2, 0.25) is 0 Å². The summed E-state index contributed by atoms with van der Waals surface area (Å²) >= 11 is 0. The van der Waals surface area contributed by atoms with Gasteiger partial charge in [-0.2, -0.15) is 0 Å². The van der Waals surface area contributed by atoms with Crippen LogP contribution in [0.25, 0.3) is 10.9 Å². The Morgan fingerprint density at radius 1 is 1.23 bits per heavy atom. The lowest BCUT2D eigenvalue weighted by Gasteiger charge is -2.27. The van der Waals surface area contributed by atoms with Gasteiger partial charge in [0, 0.05) is 17.4 Å². The van der Waals surface area contributed by atoms with Crippen LogP contribution < -0.4 is 10.5 Å². The molecule has 0 saturated heterocycles. The lowest BCUT2D eigenvalue weighted by Crippen LogP contribution is -2.19. The van der Waals surface area contributed by atoms with Crippen molar-refractivity contribution in [2.75, 3.05) is 7.11 Å². The van der Waals surface area contributed by atoms with Crippen LogP contribution in [0.5, 0.6) is 5.75 Å². The molecule has 0 atom stereocenters. The third-order valence-electron chi connectivity index (χ3n) is 4.72. The molecule has 1 saturated carbocycles. The molecule has 1 aliphatic rings. The van der Waals surface area contributed by atoms with Crippen molar-refractivity contribution in [3.63, 3.8) is 0 Å². The van der Waals surface area contributed by atoms with Gasteiger partial charge in [0.15, 0.2) is 0 Å². The molecule has 2 aromatic rings. The summed E-state index contributed by atoms with van der Waals surface area (Å²) in [7, 11) is 1.64. The Labute approximate surface area is 130 Å². The zero-order chi connectivity index (χ0) is 15.7. The van der Waals surface area contributed by atoms with Crippen molar-refractivity contribution in [2.24, 2.45) is 11.7 Å². The standard InChI is InChI=1S/C18H22N2O2/c1-11-3-5-12(6-4-11)17-15(18(19)21)9-13-7-8-14(22-2)10-16(13)20-17/h7-12H,3-6H2,1-2H3,(H2,19,21). The largest absolute Gasteiger partial charge is 0.497 e. The van der Waals surface area contributed by atoms with Gasteiger partial charge in [-0.05, 0) is 37.0 Å². The fourth-order valence-corrected chi connectivity index (χ4v) is 3.33. The van der Waals surface area contributed by atoms with Crippen LogP contribution in [-0.4, -0.2) is 18.0 Å². The second-order valence-corrected chi connectivity index (χ2v) is 6.30. The molecule has 0 unspecified atom stereocenters. The molecule has 2 N–H and O–H groups in total. The van der Waals surface area contributed by atoms with Gasteiger partial charge in [-0.1, -0.05) is 19.8 Å². The SMILES string of the molecule is COc1ccc2cc(C(N)=O)c(C3CCC(C)CC3)nc2c1. The van der Waals surface area contributed by atoms with Gasteiger partial charge in [0.05, 0.1) is 23.9 Å². The highest BCUT2D eigenvalue weighted by Gasteiger charge is 2.25. The summed E-state index contributed by atoms with van der Waals surface area (Å²) in [5.41, 5.74) is 7.88. The van der Waals surface area contributed by atoms with Gasteiger partial charge in [0.1, 0.15) is 5.75 Å². The van der Waals surface area contributed by atoms with E-state index in [1.807, 2.05) is 24.3 Å². The van der Waals surface area contributed by atoms with Crippen LogP contribution in [-0.2, 0) is 0 Å². The summed E-state index contributed by atoms with van der Waals surface area (Å²) < 4.78 is 5.27. The predicted molar refractivity (Wildman–Crippen MR) is 87.2 cm³/mol. The second-order valence-electron chi connectivity index (χ2n) is 6.30. The van der Waals surface area contributed by atoms with Crippen molar-refractivity contribution in [1.29, 1.82) is 0 Å². The van der Waals surface area contributed by atoms with Crippen LogP contribution in [0, 0.1) is 5.92 Å². The van der Waals surface area contributed by atoms with E-state index in [1.54, 1.807) is 7.11 Å². The highest BCUT2D eigenvalue weighted by molar-refractivity contribution is 5.98. The number of benzene rings is 1. The van der Waals surface area contributed by atoms with Crippen LogP contribution >= 0.6 is 0 Å². The van der Waals surface area contributed by atoms with Crippen molar-refractivity contribution in [3.05, 3.63) is 35.5 Å². The fraction of sp³-hybridized carbons (Fsp3) is 0.444. The van der Waals surface area contributed by atoms with Gasteiger partial charge in [-0.3, -0.25) is 9.78 Å². The first kappa shape index (κ1) is 14.8. The Kier molecular flexibility index (Phi) is 4.01. The molecule has 3 rings (SSSR count). The monoisotopic (exact) mass is 298 g/mol. The van der Waals surface area contributed by atoms with Gasteiger partial charge in [-0.15, -0.1) is 0 Å². The summed E-state index contributed by atoms with van der Waals surface area (Å²) in [5, 5.41) is 0.919. The second kappa shape index (κ2) is 5.95. The van der Waals surface area contributed by atoms with E-state index in [-0.39, 0.29) is 5.91 Å². The quantitative estimate of drug-likeness (QED) is 0.941. The molecule has 4 nitrogen and oxygen atoms in total. The van der Waals surface area contributed by atoms with Gasteiger partial charge in [0.25, 0.3) is 5.91 Å². The summed E-state index contributed by atoms with van der Waals surface area (Å²) in [6.07, 6.45) is 4.51. The van der Waals surface area contributed by atoms with E-state index < -0.39 is 0 Å². The molecule has 1 heterocycles. The van der Waals surface area contributed by atoms with Crippen molar-refractivity contribution in [1.82, 2.24) is 4.98 Å². The number of primary amides is 1. The normalized spacial score (nSPS) is 21.7. The van der Waals surface area contributed by atoms with Crippen molar-refractivity contribution in [2.45, 2.75) is 38.5 Å². The molecule has 4 heteroatoms. The molecule has 0 aliphatic heterocycles. The third kappa shape index (κ3) is 2.78. The number of methoxy groups -OCH3 is 1. The van der Waals surface area contributed by atoms with E-state index in [0.29, 0.717) is 11.5 Å². The Morgan fingerprint density at radius 3 is 2.59 bits per heavy atom. The zero-order valence-electron chi connectivity index (χ0n) is 13.1. The maximum atomic E-state index is 11.9. The fourth-order valence-electron chi connectivity index (χ4n) is 3.33. The van der Waals surface area contributed by atoms with E-state index in [4.69, 9.17) is 15.5 Å². The van der Waals surface area contributed by atoms with E-state index in [0.717, 1.165) is 41.1 Å². The van der Waals surface area contributed by atoms with E-state index in [2.05, 4.69) is 6.92 Å². The number of hydrogen-bond donors (Lipinski definition) is 1. The van der Waals surface area contributed by atoms with Crippen LogP contribution in [0.4, 0.5) is 0 Å². The van der Waals surface area contributed by atoms with E-state index in [1.165, 1.54) is 12.8 Å². The average molecular weight is 298 g/mol. The molecule has 1 aromatic heterocycles. The first-order valence-corrected chi connectivity index (χ1v) is 7.87. The highest BCUT2D eigenvalue weighted by Crippen LogP contribution is 2.37. The topological polar surface area (TPSA) is 65.2 Å². The summed E-state index contributed by atoms with van der Waals surface area (Å²) in [5.74, 6) is 1.47. The minimum atomic E-state index is -0.390. The summed E-state index contributed by atoms with van der Waals surface area (Å²) in [6, 6.07) is 7.57. The van der Waals surface area contributed by atoms with Crippen molar-refractivity contribution >= 4 is 16.8 Å². The average Bonchev–Trinajstić information content (AvgIpc) is 2.53. The number of carbonyl (C=O) groups is 1. The molecule has 1 amide bonds. The number of nitrogens with two attached hydrogens (primary N) is 1. The first-order chi connectivity index (χ1) is 10.6. The maximum absolute atomic E-state index is 11.9. The number of nitrogens with zero attached hydrogens (tertiary/aromatic N) is 1. The molecule has 0 spiro atoms. The molecule has 0 radical (unpaired) electrons. The molecule has 1 aliphatic carbocycles. The Hall–Kier alpha value is -2.10. The number of fused-ring (bicyclic) bond motifs is 1. The number of aromatic nitrogens is 1. The molecular formula is C18H22N2O2. The number of hydrogen-bond acceptors (Lipinski definition) is 3. The highest BCUT2D eigenvalue weighted by atomic mass is 16.5. The van der Waals surface area contributed by atoms with Gasteiger partial charge >= 0.3 is 0 Å². The first-order valence-electron chi connectivity index (χ1n) is 7.87. The number of pyridine rings is 1. The lowest BCUT2D eigenvalue weighted by molar-refractivity contribution is 0.0998. The predicted octanol–water partition coefficient (Wildman–Crippen LogP) is 3.64. The lowest BCUT2D eigenvalue weighted by atomic mass is 9.80. The zero-order valence-corrected chi connectivity index (χ0v) is 13.1. The molecule has 1 aromatic carbocycles. The summed E-state index contributed by atoms with van der Waals surface area (Å²) in [6.45, 7) is 2.28. The molecule has 116 valence electrons. The van der Waals surface area contributed by atoms with Crippen molar-refractivity contribution in [3.8, 4) is 5.75 Å². The van der Waals surface area contributed by atoms with Crippen LogP contribution in [0.1, 0.15) is 54.6 Å². The summed E-state index contributed by atoms with van der Waals surface area (Å²) in [4.78, 5) is 16.6. The molecule has 1 fully saturated rings. The Morgan fingerprint density at radius 2 is 1.95 bits per heavy atom. The minimum absolute atomic E-state index is 0.328. The van der Waals surface area contributed by atoms with E-state index >= 15 is 0 Å². The number of ether oxygens (including phenoxy) is 1. The van der Waals surface area contributed by atoms with Gasteiger partial charge < -0.3 is 10.5 Å². The number of rotatable bonds is 3. The number of carbonyl (C=O) groups excluding carboxylic acids is 1. The third-order valence-corrected chi connectivity index (χ3v) is 4.72. The van der Waals surface area contributed by atoms with Crippen LogP contribution in [0.15, 0.2) is 24.3 Å². The van der Waals surface area contributed by atoms with E-state index in [9.17, 15) is 4.79 Å².